The Bertz CT molecular complexity index is 1170. The van der Waals surface area contributed by atoms with E-state index in [-0.39, 0.29) is 5.91 Å². The lowest BCUT2D eigenvalue weighted by molar-refractivity contribution is 0.102. The van der Waals surface area contributed by atoms with E-state index >= 15 is 0 Å². The van der Waals surface area contributed by atoms with E-state index in [9.17, 15) is 4.79 Å². The minimum absolute atomic E-state index is 0.292. The van der Waals surface area contributed by atoms with Crippen LogP contribution in [0.25, 0.3) is 20.8 Å². The highest BCUT2D eigenvalue weighted by atomic mass is 32.1. The highest BCUT2D eigenvalue weighted by Gasteiger charge is 2.18. The van der Waals surface area contributed by atoms with E-state index in [0.717, 1.165) is 21.3 Å². The normalized spacial score (nSPS) is 10.8. The SMILES string of the molecule is COc1cccc(-c2nc(C(=O)Nc3nc4ccc(C)cc4s3)cs2)c1OC. The first kappa shape index (κ1) is 18.4. The summed E-state index contributed by atoms with van der Waals surface area (Å²) in [6.07, 6.45) is 0. The average Bonchev–Trinajstić information content (AvgIpc) is 3.33. The summed E-state index contributed by atoms with van der Waals surface area (Å²) in [5.41, 5.74) is 3.14. The first-order valence-corrected chi connectivity index (χ1v) is 10.1. The predicted molar refractivity (Wildman–Crippen MR) is 113 cm³/mol. The molecular formula is C20H17N3O3S2. The number of benzene rings is 2. The second-order valence-corrected chi connectivity index (χ2v) is 7.91. The van der Waals surface area contributed by atoms with Crippen LogP contribution in [0.15, 0.2) is 41.8 Å². The highest BCUT2D eigenvalue weighted by molar-refractivity contribution is 7.22. The van der Waals surface area contributed by atoms with E-state index in [1.807, 2.05) is 37.3 Å². The van der Waals surface area contributed by atoms with Gasteiger partial charge in [0.2, 0.25) is 0 Å². The number of rotatable bonds is 5. The van der Waals surface area contributed by atoms with Crippen molar-refractivity contribution in [1.82, 2.24) is 9.97 Å². The zero-order valence-corrected chi connectivity index (χ0v) is 17.1. The summed E-state index contributed by atoms with van der Waals surface area (Å²) in [6, 6.07) is 11.6. The van der Waals surface area contributed by atoms with Gasteiger partial charge >= 0.3 is 0 Å². The quantitative estimate of drug-likeness (QED) is 0.500. The zero-order valence-electron chi connectivity index (χ0n) is 15.5. The Balaban J connectivity index is 1.59. The molecule has 2 aromatic heterocycles. The van der Waals surface area contributed by atoms with Crippen molar-refractivity contribution >= 4 is 43.9 Å². The minimum Gasteiger partial charge on any atom is -0.493 e. The van der Waals surface area contributed by atoms with Crippen molar-refractivity contribution in [2.75, 3.05) is 19.5 Å². The van der Waals surface area contributed by atoms with Crippen molar-refractivity contribution < 1.29 is 14.3 Å². The van der Waals surface area contributed by atoms with Gasteiger partial charge in [-0.05, 0) is 36.8 Å². The number of fused-ring (bicyclic) bond motifs is 1. The van der Waals surface area contributed by atoms with Gasteiger partial charge in [0.25, 0.3) is 5.91 Å². The number of thiazole rings is 2. The molecule has 1 amide bonds. The Morgan fingerprint density at radius 1 is 1.11 bits per heavy atom. The van der Waals surface area contributed by atoms with Crippen molar-refractivity contribution in [3.8, 4) is 22.1 Å². The summed E-state index contributed by atoms with van der Waals surface area (Å²) in [6.45, 7) is 2.03. The lowest BCUT2D eigenvalue weighted by Gasteiger charge is -2.10. The molecular weight excluding hydrogens is 394 g/mol. The third-order valence-electron chi connectivity index (χ3n) is 4.13. The lowest BCUT2D eigenvalue weighted by Crippen LogP contribution is -2.12. The van der Waals surface area contributed by atoms with Crippen LogP contribution < -0.4 is 14.8 Å². The molecule has 142 valence electrons. The molecule has 4 rings (SSSR count). The van der Waals surface area contributed by atoms with E-state index in [4.69, 9.17) is 9.47 Å². The first-order chi connectivity index (χ1) is 13.6. The number of aryl methyl sites for hydroxylation is 1. The van der Waals surface area contributed by atoms with Crippen LogP contribution in [-0.4, -0.2) is 30.1 Å². The van der Waals surface area contributed by atoms with Crippen LogP contribution >= 0.6 is 22.7 Å². The molecule has 6 nitrogen and oxygen atoms in total. The Morgan fingerprint density at radius 3 is 2.75 bits per heavy atom. The Labute approximate surface area is 169 Å². The maximum absolute atomic E-state index is 12.6. The zero-order chi connectivity index (χ0) is 19.7. The fourth-order valence-electron chi connectivity index (χ4n) is 2.80. The van der Waals surface area contributed by atoms with Gasteiger partial charge in [0.05, 0.1) is 30.0 Å². The van der Waals surface area contributed by atoms with Crippen LogP contribution in [0.2, 0.25) is 0 Å². The van der Waals surface area contributed by atoms with Crippen molar-refractivity contribution in [1.29, 1.82) is 0 Å². The van der Waals surface area contributed by atoms with Gasteiger partial charge < -0.3 is 9.47 Å². The average molecular weight is 412 g/mol. The fourth-order valence-corrected chi connectivity index (χ4v) is 4.58. The summed E-state index contributed by atoms with van der Waals surface area (Å²) >= 11 is 2.82. The van der Waals surface area contributed by atoms with Crippen molar-refractivity contribution in [2.45, 2.75) is 6.92 Å². The Kier molecular flexibility index (Phi) is 4.97. The number of hydrogen-bond donors (Lipinski definition) is 1. The van der Waals surface area contributed by atoms with Gasteiger partial charge in [0.1, 0.15) is 10.7 Å². The van der Waals surface area contributed by atoms with E-state index in [1.165, 1.54) is 22.7 Å². The molecule has 0 atom stereocenters. The number of nitrogens with zero attached hydrogens (tertiary/aromatic N) is 2. The molecule has 0 saturated carbocycles. The molecule has 0 radical (unpaired) electrons. The predicted octanol–water partition coefficient (Wildman–Crippen LogP) is 5.00. The molecule has 2 aromatic carbocycles. The molecule has 1 N–H and O–H groups in total. The number of anilines is 1. The molecule has 0 unspecified atom stereocenters. The number of para-hydroxylation sites is 1. The number of methoxy groups -OCH3 is 2. The topological polar surface area (TPSA) is 73.3 Å². The number of nitrogens with one attached hydrogen (secondary N) is 1. The summed E-state index contributed by atoms with van der Waals surface area (Å²) in [5, 5.41) is 5.80. The minimum atomic E-state index is -0.292. The number of hydrogen-bond acceptors (Lipinski definition) is 7. The second-order valence-electron chi connectivity index (χ2n) is 6.02. The van der Waals surface area contributed by atoms with E-state index in [0.29, 0.717) is 27.3 Å². The highest BCUT2D eigenvalue weighted by Crippen LogP contribution is 2.39. The number of aromatic nitrogens is 2. The lowest BCUT2D eigenvalue weighted by atomic mass is 10.2. The summed E-state index contributed by atoms with van der Waals surface area (Å²) < 4.78 is 11.8. The van der Waals surface area contributed by atoms with Crippen LogP contribution in [0.5, 0.6) is 11.5 Å². The molecule has 0 aliphatic rings. The second kappa shape index (κ2) is 7.57. The molecule has 0 fully saturated rings. The fraction of sp³-hybridized carbons (Fsp3) is 0.150. The summed E-state index contributed by atoms with van der Waals surface area (Å²) in [5.74, 6) is 0.916. The first-order valence-electron chi connectivity index (χ1n) is 8.44. The Morgan fingerprint density at radius 2 is 1.96 bits per heavy atom. The van der Waals surface area contributed by atoms with Crippen LogP contribution in [0, 0.1) is 6.92 Å². The molecule has 8 heteroatoms. The molecule has 0 aliphatic carbocycles. The molecule has 0 bridgehead atoms. The monoisotopic (exact) mass is 411 g/mol. The van der Waals surface area contributed by atoms with Crippen LogP contribution in [0.4, 0.5) is 5.13 Å². The van der Waals surface area contributed by atoms with Gasteiger partial charge in [-0.1, -0.05) is 23.5 Å². The van der Waals surface area contributed by atoms with Gasteiger partial charge in [-0.15, -0.1) is 11.3 Å². The maximum atomic E-state index is 12.6. The Hall–Kier alpha value is -2.97. The van der Waals surface area contributed by atoms with Gasteiger partial charge in [0, 0.05) is 5.38 Å². The summed E-state index contributed by atoms with van der Waals surface area (Å²) in [4.78, 5) is 21.6. The van der Waals surface area contributed by atoms with E-state index in [1.54, 1.807) is 19.6 Å². The molecule has 0 aliphatic heterocycles. The molecule has 0 saturated heterocycles. The van der Waals surface area contributed by atoms with Crippen molar-refractivity contribution in [3.05, 3.63) is 53.0 Å². The molecule has 2 heterocycles. The number of amides is 1. The van der Waals surface area contributed by atoms with E-state index < -0.39 is 0 Å². The standard InChI is InChI=1S/C20H17N3O3S2/c1-11-7-8-13-16(9-11)28-20(22-13)23-18(24)14-10-27-19(21-14)12-5-4-6-15(25-2)17(12)26-3/h4-10H,1-3H3,(H,22,23,24). The number of ether oxygens (including phenoxy) is 2. The van der Waals surface area contributed by atoms with Crippen LogP contribution in [-0.2, 0) is 0 Å². The van der Waals surface area contributed by atoms with Gasteiger partial charge in [-0.2, -0.15) is 0 Å². The third kappa shape index (κ3) is 3.44. The maximum Gasteiger partial charge on any atom is 0.276 e. The van der Waals surface area contributed by atoms with Gasteiger partial charge in [0.15, 0.2) is 16.6 Å². The largest absolute Gasteiger partial charge is 0.493 e. The van der Waals surface area contributed by atoms with Gasteiger partial charge in [-0.3, -0.25) is 10.1 Å². The van der Waals surface area contributed by atoms with Gasteiger partial charge in [-0.25, -0.2) is 9.97 Å². The van der Waals surface area contributed by atoms with E-state index in [2.05, 4.69) is 21.4 Å². The molecule has 4 aromatic rings. The summed E-state index contributed by atoms with van der Waals surface area (Å²) in [7, 11) is 3.17. The molecule has 0 spiro atoms. The number of carbonyl (C=O) groups is 1. The van der Waals surface area contributed by atoms with Crippen molar-refractivity contribution in [2.24, 2.45) is 0 Å². The van der Waals surface area contributed by atoms with Crippen molar-refractivity contribution in [3.63, 3.8) is 0 Å². The van der Waals surface area contributed by atoms with Crippen LogP contribution in [0.1, 0.15) is 16.1 Å². The van der Waals surface area contributed by atoms with Crippen LogP contribution in [0.3, 0.4) is 0 Å². The smallest absolute Gasteiger partial charge is 0.276 e. The molecule has 28 heavy (non-hydrogen) atoms. The third-order valence-corrected chi connectivity index (χ3v) is 5.94. The number of carbonyl (C=O) groups excluding carboxylic acids is 1.